The maximum Gasteiger partial charge on any atom is 0.252 e. The number of benzene rings is 1. The standard InChI is InChI=1S/C17H26N2O2/c1-3-5-15(18)11-13-7-8-16-14(10-13)6-4-9-19(16)17(20)12-21-2/h7-8,10,15H,3-6,9,11-12,18H2,1-2H3. The number of methoxy groups -OCH3 is 1. The zero-order valence-electron chi connectivity index (χ0n) is 13.1. The molecule has 4 nitrogen and oxygen atoms in total. The minimum atomic E-state index is 0.0360. The molecule has 0 aliphatic carbocycles. The van der Waals surface area contributed by atoms with Crippen LogP contribution in [0.25, 0.3) is 0 Å². The maximum atomic E-state index is 12.1. The average Bonchev–Trinajstić information content (AvgIpc) is 2.46. The monoisotopic (exact) mass is 290 g/mol. The zero-order chi connectivity index (χ0) is 15.2. The molecule has 2 N–H and O–H groups in total. The molecule has 1 aliphatic rings. The molecule has 1 aliphatic heterocycles. The molecule has 4 heteroatoms. The Hall–Kier alpha value is -1.39. The van der Waals surface area contributed by atoms with Crippen LogP contribution in [0.4, 0.5) is 5.69 Å². The lowest BCUT2D eigenvalue weighted by atomic mass is 9.95. The van der Waals surface area contributed by atoms with Crippen molar-refractivity contribution >= 4 is 11.6 Å². The van der Waals surface area contributed by atoms with Crippen molar-refractivity contribution in [2.75, 3.05) is 25.2 Å². The van der Waals surface area contributed by atoms with E-state index in [1.807, 2.05) is 4.90 Å². The molecule has 21 heavy (non-hydrogen) atoms. The minimum Gasteiger partial charge on any atom is -0.375 e. The number of carbonyl (C=O) groups excluding carboxylic acids is 1. The highest BCUT2D eigenvalue weighted by atomic mass is 16.5. The molecule has 0 aromatic heterocycles. The molecule has 0 radical (unpaired) electrons. The Bertz CT molecular complexity index is 488. The summed E-state index contributed by atoms with van der Waals surface area (Å²) in [4.78, 5) is 13.9. The van der Waals surface area contributed by atoms with Gasteiger partial charge in [-0.25, -0.2) is 0 Å². The molecule has 1 unspecified atom stereocenters. The first-order valence-electron chi connectivity index (χ1n) is 7.82. The fraction of sp³-hybridized carbons (Fsp3) is 0.588. The van der Waals surface area contributed by atoms with Gasteiger partial charge in [0.2, 0.25) is 0 Å². The number of nitrogens with zero attached hydrogens (tertiary/aromatic N) is 1. The molecule has 116 valence electrons. The quantitative estimate of drug-likeness (QED) is 0.874. The molecule has 1 aromatic carbocycles. The SMILES string of the molecule is CCCC(N)Cc1ccc2c(c1)CCCN2C(=O)COC. The van der Waals surface area contributed by atoms with Crippen LogP contribution in [0.3, 0.4) is 0 Å². The molecule has 2 rings (SSSR count). The van der Waals surface area contributed by atoms with E-state index in [2.05, 4.69) is 25.1 Å². The van der Waals surface area contributed by atoms with Gasteiger partial charge in [-0.1, -0.05) is 25.5 Å². The molecule has 1 atom stereocenters. The van der Waals surface area contributed by atoms with Gasteiger partial charge >= 0.3 is 0 Å². The maximum absolute atomic E-state index is 12.1. The van der Waals surface area contributed by atoms with E-state index in [9.17, 15) is 4.79 Å². The van der Waals surface area contributed by atoms with Crippen LogP contribution in [0.1, 0.15) is 37.3 Å². The van der Waals surface area contributed by atoms with Gasteiger partial charge in [-0.2, -0.15) is 0 Å². The smallest absolute Gasteiger partial charge is 0.252 e. The number of nitrogens with two attached hydrogens (primary N) is 1. The Labute approximate surface area is 127 Å². The summed E-state index contributed by atoms with van der Waals surface area (Å²) in [5.41, 5.74) is 9.69. The molecule has 1 aromatic rings. The Balaban J connectivity index is 2.14. The van der Waals surface area contributed by atoms with E-state index in [-0.39, 0.29) is 18.6 Å². The number of anilines is 1. The number of aryl methyl sites for hydroxylation is 1. The third kappa shape index (κ3) is 4.05. The number of hydrogen-bond donors (Lipinski definition) is 1. The zero-order valence-corrected chi connectivity index (χ0v) is 13.1. The number of carbonyl (C=O) groups is 1. The number of rotatable bonds is 6. The third-order valence-electron chi connectivity index (χ3n) is 3.99. The Morgan fingerprint density at radius 2 is 2.29 bits per heavy atom. The predicted molar refractivity (Wildman–Crippen MR) is 85.6 cm³/mol. The summed E-state index contributed by atoms with van der Waals surface area (Å²) < 4.78 is 4.97. The number of ether oxygens (including phenoxy) is 1. The van der Waals surface area contributed by atoms with Crippen LogP contribution in [0, 0.1) is 0 Å². The summed E-state index contributed by atoms with van der Waals surface area (Å²) in [6.07, 6.45) is 5.12. The summed E-state index contributed by atoms with van der Waals surface area (Å²) in [6, 6.07) is 6.61. The van der Waals surface area contributed by atoms with E-state index in [4.69, 9.17) is 10.5 Å². The minimum absolute atomic E-state index is 0.0360. The fourth-order valence-corrected chi connectivity index (χ4v) is 3.01. The summed E-state index contributed by atoms with van der Waals surface area (Å²) >= 11 is 0. The molecule has 0 fully saturated rings. The third-order valence-corrected chi connectivity index (χ3v) is 3.99. The van der Waals surface area contributed by atoms with Gasteiger partial charge in [0.15, 0.2) is 0 Å². The summed E-state index contributed by atoms with van der Waals surface area (Å²) in [7, 11) is 1.56. The molecule has 0 saturated heterocycles. The number of fused-ring (bicyclic) bond motifs is 1. The highest BCUT2D eigenvalue weighted by Gasteiger charge is 2.22. The second kappa shape index (κ2) is 7.57. The van der Waals surface area contributed by atoms with Gasteiger partial charge in [0.1, 0.15) is 6.61 Å². The van der Waals surface area contributed by atoms with Gasteiger partial charge in [-0.15, -0.1) is 0 Å². The van der Waals surface area contributed by atoms with Gasteiger partial charge in [0.05, 0.1) is 0 Å². The molecular formula is C17H26N2O2. The first-order chi connectivity index (χ1) is 10.2. The van der Waals surface area contributed by atoms with Crippen molar-refractivity contribution in [1.82, 2.24) is 0 Å². The van der Waals surface area contributed by atoms with Crippen molar-refractivity contribution in [2.24, 2.45) is 5.73 Å². The second-order valence-electron chi connectivity index (χ2n) is 5.80. The molecule has 1 amide bonds. The Kier molecular flexibility index (Phi) is 5.76. The van der Waals surface area contributed by atoms with Crippen molar-refractivity contribution in [2.45, 2.75) is 45.1 Å². The van der Waals surface area contributed by atoms with Gasteiger partial charge in [-0.05, 0) is 42.9 Å². The molecule has 0 bridgehead atoms. The van der Waals surface area contributed by atoms with Gasteiger partial charge in [0, 0.05) is 25.4 Å². The lowest BCUT2D eigenvalue weighted by Crippen LogP contribution is -2.37. The number of hydrogen-bond acceptors (Lipinski definition) is 3. The highest BCUT2D eigenvalue weighted by molar-refractivity contribution is 5.95. The van der Waals surface area contributed by atoms with Crippen molar-refractivity contribution in [1.29, 1.82) is 0 Å². The lowest BCUT2D eigenvalue weighted by molar-refractivity contribution is -0.122. The largest absolute Gasteiger partial charge is 0.375 e. The van der Waals surface area contributed by atoms with Crippen LogP contribution >= 0.6 is 0 Å². The van der Waals surface area contributed by atoms with E-state index in [0.717, 1.165) is 44.3 Å². The highest BCUT2D eigenvalue weighted by Crippen LogP contribution is 2.28. The second-order valence-corrected chi connectivity index (χ2v) is 5.80. The Morgan fingerprint density at radius 1 is 1.48 bits per heavy atom. The van der Waals surface area contributed by atoms with Gasteiger partial charge in [0.25, 0.3) is 5.91 Å². The lowest BCUT2D eigenvalue weighted by Gasteiger charge is -2.30. The van der Waals surface area contributed by atoms with E-state index in [0.29, 0.717) is 0 Å². The Morgan fingerprint density at radius 3 is 3.00 bits per heavy atom. The first-order valence-corrected chi connectivity index (χ1v) is 7.82. The average molecular weight is 290 g/mol. The van der Waals surface area contributed by atoms with E-state index >= 15 is 0 Å². The molecule has 1 heterocycles. The van der Waals surface area contributed by atoms with Crippen molar-refractivity contribution < 1.29 is 9.53 Å². The summed E-state index contributed by atoms with van der Waals surface area (Å²) in [6.45, 7) is 3.08. The van der Waals surface area contributed by atoms with Crippen LogP contribution in [-0.4, -0.2) is 32.2 Å². The normalized spacial score (nSPS) is 15.7. The van der Waals surface area contributed by atoms with Crippen LogP contribution in [0.5, 0.6) is 0 Å². The van der Waals surface area contributed by atoms with Crippen molar-refractivity contribution in [3.05, 3.63) is 29.3 Å². The van der Waals surface area contributed by atoms with E-state index in [1.165, 1.54) is 11.1 Å². The van der Waals surface area contributed by atoms with E-state index in [1.54, 1.807) is 7.11 Å². The first kappa shape index (κ1) is 16.0. The fourth-order valence-electron chi connectivity index (χ4n) is 3.01. The molecular weight excluding hydrogens is 264 g/mol. The predicted octanol–water partition coefficient (Wildman–Crippen LogP) is 2.28. The molecule has 0 saturated carbocycles. The van der Waals surface area contributed by atoms with Crippen LogP contribution < -0.4 is 10.6 Å². The van der Waals surface area contributed by atoms with Gasteiger partial charge < -0.3 is 15.4 Å². The molecule has 0 spiro atoms. The summed E-state index contributed by atoms with van der Waals surface area (Å²) in [5.74, 6) is 0.0360. The van der Waals surface area contributed by atoms with Crippen LogP contribution in [-0.2, 0) is 22.4 Å². The van der Waals surface area contributed by atoms with E-state index < -0.39 is 0 Å². The van der Waals surface area contributed by atoms with Crippen molar-refractivity contribution in [3.8, 4) is 0 Å². The topological polar surface area (TPSA) is 55.6 Å². The number of amides is 1. The van der Waals surface area contributed by atoms with Crippen molar-refractivity contribution in [3.63, 3.8) is 0 Å². The van der Waals surface area contributed by atoms with Crippen LogP contribution in [0.2, 0.25) is 0 Å². The summed E-state index contributed by atoms with van der Waals surface area (Å²) in [5, 5.41) is 0. The van der Waals surface area contributed by atoms with Gasteiger partial charge in [-0.3, -0.25) is 4.79 Å². The van der Waals surface area contributed by atoms with Crippen LogP contribution in [0.15, 0.2) is 18.2 Å².